The lowest BCUT2D eigenvalue weighted by Crippen LogP contribution is -2.07. The van der Waals surface area contributed by atoms with Crippen molar-refractivity contribution in [3.05, 3.63) is 24.0 Å². The number of nitrogens with one attached hydrogen (secondary N) is 1. The Hall–Kier alpha value is -1.58. The van der Waals surface area contributed by atoms with Gasteiger partial charge in [0, 0.05) is 12.2 Å². The van der Waals surface area contributed by atoms with Crippen LogP contribution in [0.25, 0.3) is 0 Å². The van der Waals surface area contributed by atoms with Crippen LogP contribution < -0.4 is 5.32 Å². The van der Waals surface area contributed by atoms with Gasteiger partial charge < -0.3 is 10.4 Å². The average Bonchev–Trinajstić information content (AvgIpc) is 2.89. The summed E-state index contributed by atoms with van der Waals surface area (Å²) in [6, 6.07) is 1.95. The monoisotopic (exact) mass is 178 g/mol. The van der Waals surface area contributed by atoms with Gasteiger partial charge in [0.25, 0.3) is 0 Å². The van der Waals surface area contributed by atoms with Crippen LogP contribution in [0.2, 0.25) is 0 Å². The van der Waals surface area contributed by atoms with Crippen LogP contribution in [0, 0.1) is 0 Å². The number of aromatic nitrogens is 1. The van der Waals surface area contributed by atoms with E-state index in [0.29, 0.717) is 17.3 Å². The first-order valence-electron chi connectivity index (χ1n) is 4.21. The fourth-order valence-electron chi connectivity index (χ4n) is 1.14. The van der Waals surface area contributed by atoms with Gasteiger partial charge in [-0.25, -0.2) is 4.79 Å². The van der Waals surface area contributed by atoms with Gasteiger partial charge in [-0.3, -0.25) is 4.98 Å². The standard InChI is InChI=1S/C9H10N2O2/c12-9(13)7-3-4-10-5-8(7)11-6-1-2-6/h3-6,11H,1-2H2,(H,12,13). The fourth-order valence-corrected chi connectivity index (χ4v) is 1.14. The molecule has 0 atom stereocenters. The van der Waals surface area contributed by atoms with Crippen LogP contribution in [0.3, 0.4) is 0 Å². The Bertz CT molecular complexity index is 334. The highest BCUT2D eigenvalue weighted by atomic mass is 16.4. The molecular weight excluding hydrogens is 168 g/mol. The second-order valence-corrected chi connectivity index (χ2v) is 3.15. The molecule has 2 N–H and O–H groups in total. The van der Waals surface area contributed by atoms with E-state index in [1.54, 1.807) is 6.20 Å². The lowest BCUT2D eigenvalue weighted by Gasteiger charge is -2.06. The van der Waals surface area contributed by atoms with Crippen molar-refractivity contribution in [1.29, 1.82) is 0 Å². The average molecular weight is 178 g/mol. The number of anilines is 1. The minimum atomic E-state index is -0.912. The predicted octanol–water partition coefficient (Wildman–Crippen LogP) is 1.35. The number of nitrogens with zero attached hydrogens (tertiary/aromatic N) is 1. The first-order valence-corrected chi connectivity index (χ1v) is 4.21. The van der Waals surface area contributed by atoms with E-state index in [9.17, 15) is 4.79 Å². The van der Waals surface area contributed by atoms with Crippen LogP contribution in [0.5, 0.6) is 0 Å². The summed E-state index contributed by atoms with van der Waals surface area (Å²) in [6.07, 6.45) is 5.28. The van der Waals surface area contributed by atoms with E-state index in [1.165, 1.54) is 12.3 Å². The molecule has 13 heavy (non-hydrogen) atoms. The van der Waals surface area contributed by atoms with E-state index in [1.807, 2.05) is 0 Å². The first-order chi connectivity index (χ1) is 6.27. The van der Waals surface area contributed by atoms with Gasteiger partial charge in [-0.2, -0.15) is 0 Å². The molecule has 4 nitrogen and oxygen atoms in total. The summed E-state index contributed by atoms with van der Waals surface area (Å²) in [7, 11) is 0. The zero-order valence-electron chi connectivity index (χ0n) is 7.03. The van der Waals surface area contributed by atoms with Gasteiger partial charge in [0.2, 0.25) is 0 Å². The number of pyridine rings is 1. The molecule has 1 heterocycles. The molecule has 0 spiro atoms. The summed E-state index contributed by atoms with van der Waals surface area (Å²) < 4.78 is 0. The highest BCUT2D eigenvalue weighted by Crippen LogP contribution is 2.25. The van der Waals surface area contributed by atoms with Gasteiger partial charge in [0.15, 0.2) is 0 Å². The van der Waals surface area contributed by atoms with Crippen LogP contribution in [0.1, 0.15) is 23.2 Å². The van der Waals surface area contributed by atoms with Crippen molar-refractivity contribution in [2.75, 3.05) is 5.32 Å². The van der Waals surface area contributed by atoms with E-state index in [0.717, 1.165) is 12.8 Å². The molecule has 1 aliphatic rings. The maximum Gasteiger partial charge on any atom is 0.337 e. The molecule has 0 radical (unpaired) electrons. The molecule has 2 rings (SSSR count). The Morgan fingerprint density at radius 2 is 2.38 bits per heavy atom. The summed E-state index contributed by atoms with van der Waals surface area (Å²) in [6.45, 7) is 0. The molecule has 1 saturated carbocycles. The third kappa shape index (κ3) is 1.77. The van der Waals surface area contributed by atoms with E-state index in [-0.39, 0.29) is 0 Å². The van der Waals surface area contributed by atoms with Crippen LogP contribution in [0.4, 0.5) is 5.69 Å². The summed E-state index contributed by atoms with van der Waals surface area (Å²) >= 11 is 0. The number of carboxylic acid groups (broad SMARTS) is 1. The quantitative estimate of drug-likeness (QED) is 0.733. The van der Waals surface area contributed by atoms with Crippen LogP contribution in [-0.4, -0.2) is 22.1 Å². The van der Waals surface area contributed by atoms with Gasteiger partial charge in [-0.05, 0) is 18.9 Å². The lowest BCUT2D eigenvalue weighted by molar-refractivity contribution is 0.0698. The fraction of sp³-hybridized carbons (Fsp3) is 0.333. The zero-order valence-corrected chi connectivity index (χ0v) is 7.03. The molecule has 68 valence electrons. The molecule has 0 unspecified atom stereocenters. The van der Waals surface area contributed by atoms with Crippen LogP contribution >= 0.6 is 0 Å². The van der Waals surface area contributed by atoms with E-state index < -0.39 is 5.97 Å². The first kappa shape index (κ1) is 8.04. The minimum Gasteiger partial charge on any atom is -0.478 e. The zero-order chi connectivity index (χ0) is 9.26. The van der Waals surface area contributed by atoms with E-state index in [4.69, 9.17) is 5.11 Å². The van der Waals surface area contributed by atoms with Crippen molar-refractivity contribution in [1.82, 2.24) is 4.98 Å². The molecule has 0 aromatic carbocycles. The Kier molecular flexibility index (Phi) is 1.88. The highest BCUT2D eigenvalue weighted by molar-refractivity contribution is 5.93. The Balaban J connectivity index is 2.25. The molecule has 1 aromatic rings. The number of carbonyl (C=O) groups is 1. The number of rotatable bonds is 3. The van der Waals surface area contributed by atoms with Gasteiger partial charge in [0.1, 0.15) is 0 Å². The highest BCUT2D eigenvalue weighted by Gasteiger charge is 2.22. The molecule has 1 aliphatic carbocycles. The normalized spacial score (nSPS) is 15.4. The number of hydrogen-bond acceptors (Lipinski definition) is 3. The Labute approximate surface area is 75.6 Å². The van der Waals surface area contributed by atoms with Crippen molar-refractivity contribution in [3.8, 4) is 0 Å². The van der Waals surface area contributed by atoms with Gasteiger partial charge >= 0.3 is 5.97 Å². The smallest absolute Gasteiger partial charge is 0.337 e. The summed E-state index contributed by atoms with van der Waals surface area (Å²) in [5.41, 5.74) is 0.916. The molecule has 0 aliphatic heterocycles. The number of aromatic carboxylic acids is 1. The third-order valence-electron chi connectivity index (χ3n) is 1.99. The molecule has 0 amide bonds. The minimum absolute atomic E-state index is 0.293. The molecule has 0 saturated heterocycles. The lowest BCUT2D eigenvalue weighted by atomic mass is 10.2. The topological polar surface area (TPSA) is 62.2 Å². The SMILES string of the molecule is O=C(O)c1ccncc1NC1CC1. The Morgan fingerprint density at radius 1 is 1.62 bits per heavy atom. The van der Waals surface area contributed by atoms with Gasteiger partial charge in [0.05, 0.1) is 17.4 Å². The van der Waals surface area contributed by atoms with Crippen molar-refractivity contribution in [2.45, 2.75) is 18.9 Å². The molecule has 0 bridgehead atoms. The van der Waals surface area contributed by atoms with Gasteiger partial charge in [-0.1, -0.05) is 0 Å². The maximum absolute atomic E-state index is 10.8. The number of hydrogen-bond donors (Lipinski definition) is 2. The third-order valence-corrected chi connectivity index (χ3v) is 1.99. The maximum atomic E-state index is 10.8. The molecule has 1 aromatic heterocycles. The van der Waals surface area contributed by atoms with E-state index in [2.05, 4.69) is 10.3 Å². The molecular formula is C9H10N2O2. The van der Waals surface area contributed by atoms with E-state index >= 15 is 0 Å². The van der Waals surface area contributed by atoms with Crippen LogP contribution in [0.15, 0.2) is 18.5 Å². The summed E-state index contributed by atoms with van der Waals surface area (Å²) in [5, 5.41) is 12.0. The van der Waals surface area contributed by atoms with Crippen molar-refractivity contribution in [3.63, 3.8) is 0 Å². The van der Waals surface area contributed by atoms with Crippen molar-refractivity contribution < 1.29 is 9.90 Å². The van der Waals surface area contributed by atoms with Crippen LogP contribution in [-0.2, 0) is 0 Å². The van der Waals surface area contributed by atoms with Gasteiger partial charge in [-0.15, -0.1) is 0 Å². The second kappa shape index (κ2) is 3.05. The molecule has 4 heteroatoms. The Morgan fingerprint density at radius 3 is 3.00 bits per heavy atom. The van der Waals surface area contributed by atoms with Crippen molar-refractivity contribution in [2.24, 2.45) is 0 Å². The predicted molar refractivity (Wildman–Crippen MR) is 47.8 cm³/mol. The second-order valence-electron chi connectivity index (χ2n) is 3.15. The summed E-state index contributed by atoms with van der Waals surface area (Å²) in [4.78, 5) is 14.6. The molecule has 1 fully saturated rings. The summed E-state index contributed by atoms with van der Waals surface area (Å²) in [5.74, 6) is -0.912. The largest absolute Gasteiger partial charge is 0.478 e. The number of carboxylic acids is 1. The van der Waals surface area contributed by atoms with Crippen molar-refractivity contribution >= 4 is 11.7 Å².